The molecule has 2 N–H and O–H groups in total. The van der Waals surface area contributed by atoms with Gasteiger partial charge in [0, 0.05) is 23.1 Å². The molecule has 3 heteroatoms. The van der Waals surface area contributed by atoms with E-state index in [0.29, 0.717) is 14.3 Å². The highest BCUT2D eigenvalue weighted by atomic mass is 31.1. The summed E-state index contributed by atoms with van der Waals surface area (Å²) >= 11 is 0. The number of aryl methyl sites for hydroxylation is 1. The highest BCUT2D eigenvalue weighted by Crippen LogP contribution is 2.36. The number of nitrogens with one attached hydrogen (secondary N) is 1. The predicted molar refractivity (Wildman–Crippen MR) is 138 cm³/mol. The smallest absolute Gasteiger partial charge is 0.127 e. The lowest BCUT2D eigenvalue weighted by atomic mass is 9.80. The average Bonchev–Trinajstić information content (AvgIpc) is 2.68. The lowest BCUT2D eigenvalue weighted by molar-refractivity contribution is 0.449. The fraction of sp³-hybridized carbons (Fsp3) is 0.357. The van der Waals surface area contributed by atoms with Crippen LogP contribution in [-0.4, -0.2) is 5.11 Å². The molecule has 0 aliphatic rings. The minimum Gasteiger partial charge on any atom is -0.507 e. The molecule has 0 radical (unpaired) electrons. The Morgan fingerprint density at radius 2 is 1.48 bits per heavy atom. The van der Waals surface area contributed by atoms with Crippen LogP contribution in [0.4, 0.5) is 5.69 Å². The largest absolute Gasteiger partial charge is 0.507 e. The van der Waals surface area contributed by atoms with Crippen molar-refractivity contribution in [2.24, 2.45) is 0 Å². The summed E-state index contributed by atoms with van der Waals surface area (Å²) in [5, 5.41) is 17.1. The number of hydrogen-bond acceptors (Lipinski definition) is 2. The number of hydrogen-bond donors (Lipinski definition) is 2. The highest BCUT2D eigenvalue weighted by Gasteiger charge is 2.25. The number of anilines is 1. The van der Waals surface area contributed by atoms with E-state index in [1.807, 2.05) is 18.2 Å². The Hall–Kier alpha value is -2.31. The molecular formula is C28H36NOP. The van der Waals surface area contributed by atoms with Crippen molar-refractivity contribution in [1.82, 2.24) is 0 Å². The van der Waals surface area contributed by atoms with E-state index in [-0.39, 0.29) is 10.8 Å². The third-order valence-electron chi connectivity index (χ3n) is 5.57. The molecule has 164 valence electrons. The van der Waals surface area contributed by atoms with Gasteiger partial charge in [0.25, 0.3) is 0 Å². The van der Waals surface area contributed by atoms with Gasteiger partial charge < -0.3 is 10.4 Å². The maximum Gasteiger partial charge on any atom is 0.127 e. The summed E-state index contributed by atoms with van der Waals surface area (Å²) in [6, 6.07) is 21.3. The molecule has 0 heterocycles. The number of benzene rings is 3. The van der Waals surface area contributed by atoms with Gasteiger partial charge in [-0.25, -0.2) is 0 Å². The minimum absolute atomic E-state index is 0.0257. The van der Waals surface area contributed by atoms with Gasteiger partial charge in [-0.05, 0) is 52.4 Å². The van der Waals surface area contributed by atoms with Crippen molar-refractivity contribution in [2.45, 2.75) is 65.8 Å². The van der Waals surface area contributed by atoms with Gasteiger partial charge in [0.05, 0.1) is 0 Å². The highest BCUT2D eigenvalue weighted by molar-refractivity contribution is 7.55. The van der Waals surface area contributed by atoms with Crippen LogP contribution in [0.1, 0.15) is 63.8 Å². The molecule has 2 nitrogen and oxygen atoms in total. The molecule has 0 saturated carbocycles. The zero-order valence-electron chi connectivity index (χ0n) is 19.9. The number of para-hydroxylation sites is 1. The lowest BCUT2D eigenvalue weighted by Gasteiger charge is -2.27. The van der Waals surface area contributed by atoms with Gasteiger partial charge in [0.2, 0.25) is 0 Å². The molecule has 0 saturated heterocycles. The number of aromatic hydroxyl groups is 1. The zero-order valence-corrected chi connectivity index (χ0v) is 20.9. The number of phenols is 1. The van der Waals surface area contributed by atoms with E-state index < -0.39 is 0 Å². The molecule has 0 spiro atoms. The van der Waals surface area contributed by atoms with Crippen molar-refractivity contribution in [2.75, 3.05) is 5.32 Å². The fourth-order valence-corrected chi connectivity index (χ4v) is 4.88. The first kappa shape index (κ1) is 23.4. The molecule has 3 rings (SSSR count). The summed E-state index contributed by atoms with van der Waals surface area (Å²) in [7, 11) is 0.399. The molecule has 0 bridgehead atoms. The molecule has 3 aromatic rings. The van der Waals surface area contributed by atoms with E-state index >= 15 is 0 Å². The molecule has 0 fully saturated rings. The third-order valence-corrected chi connectivity index (χ3v) is 6.98. The summed E-state index contributed by atoms with van der Waals surface area (Å²) in [6.45, 7) is 16.1. The van der Waals surface area contributed by atoms with Crippen molar-refractivity contribution in [1.29, 1.82) is 0 Å². The van der Waals surface area contributed by atoms with E-state index in [2.05, 4.69) is 96.2 Å². The third kappa shape index (κ3) is 5.89. The molecule has 0 aliphatic carbocycles. The first-order valence-corrected chi connectivity index (χ1v) is 12.0. The van der Waals surface area contributed by atoms with Crippen molar-refractivity contribution in [3.05, 3.63) is 82.9 Å². The maximum atomic E-state index is 11.2. The normalized spacial score (nSPS) is 12.5. The molecule has 1 atom stereocenters. The van der Waals surface area contributed by atoms with Crippen molar-refractivity contribution >= 4 is 24.9 Å². The van der Waals surface area contributed by atoms with Crippen LogP contribution in [0.2, 0.25) is 0 Å². The standard InChI is InChI=1S/C28H36NOP/c1-19-13-14-24(20(15-19)18-29-22-11-9-8-10-12-22)31-25-17-21(27(2,3)4)16-23(26(25)30)28(5,6)7/h8-17,29-31H,18H2,1-7H3. The van der Waals surface area contributed by atoms with Gasteiger partial charge in [-0.1, -0.05) is 98.2 Å². The van der Waals surface area contributed by atoms with Crippen LogP contribution in [0, 0.1) is 6.92 Å². The second-order valence-electron chi connectivity index (χ2n) is 10.4. The van der Waals surface area contributed by atoms with Crippen molar-refractivity contribution in [3.8, 4) is 5.75 Å². The first-order valence-electron chi connectivity index (χ1n) is 11.0. The Morgan fingerprint density at radius 1 is 0.806 bits per heavy atom. The van der Waals surface area contributed by atoms with Crippen LogP contribution in [0.25, 0.3) is 0 Å². The van der Waals surface area contributed by atoms with Crippen LogP contribution < -0.4 is 15.9 Å². The average molecular weight is 434 g/mol. The Morgan fingerprint density at radius 3 is 2.10 bits per heavy atom. The molecule has 0 aromatic heterocycles. The molecule has 0 amide bonds. The monoisotopic (exact) mass is 433 g/mol. The first-order chi connectivity index (χ1) is 14.4. The van der Waals surface area contributed by atoms with Gasteiger partial charge >= 0.3 is 0 Å². The van der Waals surface area contributed by atoms with E-state index in [1.54, 1.807) is 0 Å². The molecule has 3 aromatic carbocycles. The van der Waals surface area contributed by atoms with Gasteiger partial charge in [-0.15, -0.1) is 0 Å². The molecule has 0 aliphatic heterocycles. The van der Waals surface area contributed by atoms with Crippen LogP contribution >= 0.6 is 8.58 Å². The lowest BCUT2D eigenvalue weighted by Crippen LogP contribution is -2.21. The van der Waals surface area contributed by atoms with E-state index in [4.69, 9.17) is 0 Å². The van der Waals surface area contributed by atoms with E-state index in [0.717, 1.165) is 23.1 Å². The summed E-state index contributed by atoms with van der Waals surface area (Å²) in [4.78, 5) is 0. The summed E-state index contributed by atoms with van der Waals surface area (Å²) in [5.74, 6) is 0.446. The van der Waals surface area contributed by atoms with Crippen molar-refractivity contribution in [3.63, 3.8) is 0 Å². The van der Waals surface area contributed by atoms with Gasteiger partial charge in [0.1, 0.15) is 5.75 Å². The minimum atomic E-state index is -0.116. The zero-order chi connectivity index (χ0) is 22.8. The quantitative estimate of drug-likeness (QED) is 0.448. The second-order valence-corrected chi connectivity index (χ2v) is 11.8. The number of phenolic OH excluding ortho intramolecular Hbond substituents is 1. The Balaban J connectivity index is 2.00. The van der Waals surface area contributed by atoms with E-state index in [1.165, 1.54) is 22.0 Å². The van der Waals surface area contributed by atoms with Crippen molar-refractivity contribution < 1.29 is 5.11 Å². The summed E-state index contributed by atoms with van der Waals surface area (Å²) in [6.07, 6.45) is 0. The number of rotatable bonds is 5. The van der Waals surface area contributed by atoms with Crippen LogP contribution in [0.5, 0.6) is 5.75 Å². The predicted octanol–water partition coefficient (Wildman–Crippen LogP) is 6.54. The molecule has 31 heavy (non-hydrogen) atoms. The summed E-state index contributed by atoms with van der Waals surface area (Å²) < 4.78 is 0. The van der Waals surface area contributed by atoms with Crippen LogP contribution in [0.3, 0.4) is 0 Å². The van der Waals surface area contributed by atoms with Crippen LogP contribution in [0.15, 0.2) is 60.7 Å². The second kappa shape index (κ2) is 9.05. The Kier molecular flexibility index (Phi) is 6.82. The van der Waals surface area contributed by atoms with Crippen LogP contribution in [-0.2, 0) is 17.4 Å². The Labute approximate surface area is 189 Å². The van der Waals surface area contributed by atoms with E-state index in [9.17, 15) is 5.11 Å². The maximum absolute atomic E-state index is 11.2. The topological polar surface area (TPSA) is 32.3 Å². The molecule has 1 unspecified atom stereocenters. The van der Waals surface area contributed by atoms with Gasteiger partial charge in [-0.2, -0.15) is 0 Å². The SMILES string of the molecule is Cc1ccc(Pc2cc(C(C)(C)C)cc(C(C)(C)C)c2O)c(CNc2ccccc2)c1. The Bertz CT molecular complexity index is 1040. The van der Waals surface area contributed by atoms with Gasteiger partial charge in [0.15, 0.2) is 0 Å². The van der Waals surface area contributed by atoms with Gasteiger partial charge in [-0.3, -0.25) is 0 Å². The summed E-state index contributed by atoms with van der Waals surface area (Å²) in [5.41, 5.74) is 5.85. The molecular weight excluding hydrogens is 397 g/mol. The fourth-order valence-electron chi connectivity index (χ4n) is 3.62.